The molecule has 0 aromatic heterocycles. The van der Waals surface area contributed by atoms with Crippen LogP contribution in [-0.2, 0) is 26.1 Å². The molecule has 6 nitrogen and oxygen atoms in total. The molecule has 3 rings (SSSR count). The second kappa shape index (κ2) is 8.39. The maximum absolute atomic E-state index is 12.9. The van der Waals surface area contributed by atoms with Crippen molar-refractivity contribution in [3.63, 3.8) is 0 Å². The Kier molecular flexibility index (Phi) is 6.16. The van der Waals surface area contributed by atoms with Gasteiger partial charge in [-0.25, -0.2) is 13.2 Å². The van der Waals surface area contributed by atoms with Crippen molar-refractivity contribution in [2.24, 2.45) is 0 Å². The third kappa shape index (κ3) is 4.68. The molecule has 0 atom stereocenters. The number of ether oxygens (including phenoxy) is 2. The molecule has 0 N–H and O–H groups in total. The van der Waals surface area contributed by atoms with Crippen LogP contribution in [0.1, 0.15) is 21.5 Å². The fourth-order valence-corrected chi connectivity index (χ4v) is 4.66. The Morgan fingerprint density at radius 1 is 1.19 bits per heavy atom. The lowest BCUT2D eigenvalue weighted by Crippen LogP contribution is -2.40. The first-order chi connectivity index (χ1) is 12.9. The number of rotatable bonds is 5. The van der Waals surface area contributed by atoms with Gasteiger partial charge in [-0.3, -0.25) is 0 Å². The first kappa shape index (κ1) is 19.8. The molecular weight excluding hydrogens is 390 g/mol. The van der Waals surface area contributed by atoms with Gasteiger partial charge in [-0.15, -0.1) is 0 Å². The molecular formula is C19H20ClNO5S. The lowest BCUT2D eigenvalue weighted by Gasteiger charge is -2.26. The number of hydrogen-bond donors (Lipinski definition) is 0. The van der Waals surface area contributed by atoms with E-state index in [1.807, 2.05) is 0 Å². The summed E-state index contributed by atoms with van der Waals surface area (Å²) in [5.41, 5.74) is 1.52. The highest BCUT2D eigenvalue weighted by Crippen LogP contribution is 2.23. The third-order valence-corrected chi connectivity index (χ3v) is 6.55. The van der Waals surface area contributed by atoms with Gasteiger partial charge in [0.05, 0.1) is 23.7 Å². The van der Waals surface area contributed by atoms with Crippen LogP contribution in [0, 0.1) is 6.92 Å². The minimum absolute atomic E-state index is 0.0544. The number of esters is 1. The fraction of sp³-hybridized carbons (Fsp3) is 0.316. The van der Waals surface area contributed by atoms with Gasteiger partial charge in [0, 0.05) is 18.1 Å². The van der Waals surface area contributed by atoms with E-state index >= 15 is 0 Å². The number of benzene rings is 2. The van der Waals surface area contributed by atoms with E-state index in [0.29, 0.717) is 36.9 Å². The molecule has 2 aromatic rings. The van der Waals surface area contributed by atoms with Crippen LogP contribution < -0.4 is 0 Å². The molecule has 0 spiro atoms. The molecule has 1 heterocycles. The van der Waals surface area contributed by atoms with Gasteiger partial charge >= 0.3 is 5.97 Å². The number of carbonyl (C=O) groups excluding carboxylic acids is 1. The normalized spacial score (nSPS) is 15.5. The number of aryl methyl sites for hydroxylation is 1. The van der Waals surface area contributed by atoms with Gasteiger partial charge in [0.25, 0.3) is 0 Å². The van der Waals surface area contributed by atoms with E-state index in [-0.39, 0.29) is 17.1 Å². The highest BCUT2D eigenvalue weighted by Gasteiger charge is 2.28. The first-order valence-electron chi connectivity index (χ1n) is 8.48. The summed E-state index contributed by atoms with van der Waals surface area (Å²) in [6, 6.07) is 11.6. The lowest BCUT2D eigenvalue weighted by atomic mass is 10.1. The molecule has 0 amide bonds. The van der Waals surface area contributed by atoms with Gasteiger partial charge in [-0.1, -0.05) is 29.8 Å². The molecule has 144 valence electrons. The average molecular weight is 410 g/mol. The van der Waals surface area contributed by atoms with Crippen LogP contribution in [-0.4, -0.2) is 45.0 Å². The van der Waals surface area contributed by atoms with Crippen LogP contribution in [0.25, 0.3) is 0 Å². The van der Waals surface area contributed by atoms with Gasteiger partial charge in [-0.05, 0) is 42.3 Å². The number of hydrogen-bond acceptors (Lipinski definition) is 5. The van der Waals surface area contributed by atoms with Gasteiger partial charge in [0.1, 0.15) is 6.61 Å². The number of carbonyl (C=O) groups is 1. The van der Waals surface area contributed by atoms with Crippen molar-refractivity contribution >= 4 is 27.6 Å². The Labute approximate surface area is 163 Å². The zero-order chi connectivity index (χ0) is 19.4. The molecule has 8 heteroatoms. The number of morpholine rings is 1. The van der Waals surface area contributed by atoms with Crippen LogP contribution in [0.3, 0.4) is 0 Å². The summed E-state index contributed by atoms with van der Waals surface area (Å²) in [5.74, 6) is -0.589. The van der Waals surface area contributed by atoms with Crippen molar-refractivity contribution in [1.82, 2.24) is 4.31 Å². The quantitative estimate of drug-likeness (QED) is 0.710. The monoisotopic (exact) mass is 409 g/mol. The molecule has 2 aromatic carbocycles. The number of nitrogens with zero attached hydrogens (tertiary/aromatic N) is 1. The molecule has 1 aliphatic rings. The van der Waals surface area contributed by atoms with Crippen LogP contribution >= 0.6 is 11.6 Å². The number of sulfonamides is 1. The predicted molar refractivity (Wildman–Crippen MR) is 101 cm³/mol. The molecule has 0 bridgehead atoms. The van der Waals surface area contributed by atoms with Gasteiger partial charge < -0.3 is 9.47 Å². The summed E-state index contributed by atoms with van der Waals surface area (Å²) in [6.07, 6.45) is 0. The van der Waals surface area contributed by atoms with E-state index in [0.717, 1.165) is 5.56 Å². The minimum atomic E-state index is -3.69. The minimum Gasteiger partial charge on any atom is -0.457 e. The van der Waals surface area contributed by atoms with E-state index in [1.54, 1.807) is 43.3 Å². The standard InChI is InChI=1S/C19H20ClNO5S/c1-14-5-6-16(19(22)26-13-15-3-2-4-17(20)11-15)12-18(14)27(23,24)21-7-9-25-10-8-21/h2-6,11-12H,7-10,13H2,1H3. The molecule has 0 aliphatic carbocycles. The lowest BCUT2D eigenvalue weighted by molar-refractivity contribution is 0.0472. The Balaban J connectivity index is 1.79. The zero-order valence-electron chi connectivity index (χ0n) is 14.9. The summed E-state index contributed by atoms with van der Waals surface area (Å²) in [6.45, 7) is 3.07. The molecule has 1 fully saturated rings. The Bertz CT molecular complexity index is 939. The fourth-order valence-electron chi connectivity index (χ4n) is 2.79. The van der Waals surface area contributed by atoms with E-state index in [1.165, 1.54) is 10.4 Å². The zero-order valence-corrected chi connectivity index (χ0v) is 16.4. The van der Waals surface area contributed by atoms with Crippen molar-refractivity contribution in [3.8, 4) is 0 Å². The molecule has 0 radical (unpaired) electrons. The van der Waals surface area contributed by atoms with E-state index in [4.69, 9.17) is 21.1 Å². The predicted octanol–water partition coefficient (Wildman–Crippen LogP) is 3.03. The Morgan fingerprint density at radius 3 is 2.63 bits per heavy atom. The van der Waals surface area contributed by atoms with Crippen LogP contribution in [0.5, 0.6) is 0 Å². The van der Waals surface area contributed by atoms with Gasteiger partial charge in [0.2, 0.25) is 10.0 Å². The summed E-state index contributed by atoms with van der Waals surface area (Å²) >= 11 is 5.92. The SMILES string of the molecule is Cc1ccc(C(=O)OCc2cccc(Cl)c2)cc1S(=O)(=O)N1CCOCC1. The number of halogens is 1. The Hall–Kier alpha value is -1.93. The highest BCUT2D eigenvalue weighted by molar-refractivity contribution is 7.89. The molecule has 27 heavy (non-hydrogen) atoms. The van der Waals surface area contributed by atoms with E-state index < -0.39 is 16.0 Å². The average Bonchev–Trinajstić information content (AvgIpc) is 2.67. The first-order valence-corrected chi connectivity index (χ1v) is 10.3. The van der Waals surface area contributed by atoms with Crippen LogP contribution in [0.15, 0.2) is 47.4 Å². The van der Waals surface area contributed by atoms with E-state index in [2.05, 4.69) is 0 Å². The maximum atomic E-state index is 12.9. The summed E-state index contributed by atoms with van der Waals surface area (Å²) in [4.78, 5) is 12.5. The summed E-state index contributed by atoms with van der Waals surface area (Å²) in [5, 5.41) is 0.553. The van der Waals surface area contributed by atoms with Crippen molar-refractivity contribution in [3.05, 3.63) is 64.2 Å². The Morgan fingerprint density at radius 2 is 1.93 bits per heavy atom. The van der Waals surface area contributed by atoms with Crippen LogP contribution in [0.4, 0.5) is 0 Å². The topological polar surface area (TPSA) is 72.9 Å². The second-order valence-electron chi connectivity index (χ2n) is 6.20. The smallest absolute Gasteiger partial charge is 0.338 e. The van der Waals surface area contributed by atoms with Crippen LogP contribution in [0.2, 0.25) is 5.02 Å². The summed E-state index contributed by atoms with van der Waals surface area (Å²) < 4.78 is 37.7. The molecule has 1 saturated heterocycles. The molecule has 0 saturated carbocycles. The highest BCUT2D eigenvalue weighted by atomic mass is 35.5. The molecule has 1 aliphatic heterocycles. The van der Waals surface area contributed by atoms with Crippen molar-refractivity contribution in [1.29, 1.82) is 0 Å². The van der Waals surface area contributed by atoms with Gasteiger partial charge in [-0.2, -0.15) is 4.31 Å². The van der Waals surface area contributed by atoms with Crippen molar-refractivity contribution in [2.75, 3.05) is 26.3 Å². The molecule has 0 unspecified atom stereocenters. The second-order valence-corrected chi connectivity index (χ2v) is 8.55. The third-order valence-electron chi connectivity index (χ3n) is 4.27. The van der Waals surface area contributed by atoms with Crippen molar-refractivity contribution in [2.45, 2.75) is 18.4 Å². The maximum Gasteiger partial charge on any atom is 0.338 e. The van der Waals surface area contributed by atoms with E-state index in [9.17, 15) is 13.2 Å². The van der Waals surface area contributed by atoms with Gasteiger partial charge in [0.15, 0.2) is 0 Å². The van der Waals surface area contributed by atoms with Crippen molar-refractivity contribution < 1.29 is 22.7 Å². The largest absolute Gasteiger partial charge is 0.457 e. The summed E-state index contributed by atoms with van der Waals surface area (Å²) in [7, 11) is -3.69.